The highest BCUT2D eigenvalue weighted by Crippen LogP contribution is 2.29. The maximum Gasteiger partial charge on any atom is 0.242 e. The number of amides is 2. The second kappa shape index (κ2) is 15.4. The first-order valence-electron chi connectivity index (χ1n) is 14.7. The van der Waals surface area contributed by atoms with E-state index in [1.165, 1.54) is 5.56 Å². The van der Waals surface area contributed by atoms with Gasteiger partial charge in [-0.2, -0.15) is 0 Å². The monoisotopic (exact) mass is 578 g/mol. The molecule has 4 rings (SSSR count). The standard InChI is InChI=1S/C36H42N4O3/c1-25(40-34(36(42)38-2)23-28-24-39-33-18-8-7-15-31(28)33)30(16-9-14-27-19-21-29(43-3)22-20-27)32(35(37)41)17-10-13-26-11-5-4-6-12-26/h4-8,10-13,15,18-22,24,30,32,34,39-40H,1,9,14,16-17,23H2,2-3H3,(H2,37,41)(H,38,42)/b13-10+/t30-,32-,34-/m0/s1. The largest absolute Gasteiger partial charge is 0.497 e. The Labute approximate surface area is 254 Å². The Bertz CT molecular complexity index is 1530. The van der Waals surface area contributed by atoms with Crippen LogP contribution in [0.3, 0.4) is 0 Å². The molecule has 0 bridgehead atoms. The fourth-order valence-electron chi connectivity index (χ4n) is 5.56. The number of nitrogens with two attached hydrogens (primary N) is 1. The molecule has 0 aliphatic carbocycles. The predicted octanol–water partition coefficient (Wildman–Crippen LogP) is 5.78. The molecule has 2 amide bonds. The number of allylic oxidation sites excluding steroid dienone is 2. The number of methoxy groups -OCH3 is 1. The van der Waals surface area contributed by atoms with E-state index in [0.29, 0.717) is 25.0 Å². The van der Waals surface area contributed by atoms with Gasteiger partial charge in [0.2, 0.25) is 11.8 Å². The predicted molar refractivity (Wildman–Crippen MR) is 174 cm³/mol. The summed E-state index contributed by atoms with van der Waals surface area (Å²) in [5.41, 5.74) is 10.9. The van der Waals surface area contributed by atoms with Gasteiger partial charge in [0.1, 0.15) is 11.8 Å². The van der Waals surface area contributed by atoms with Gasteiger partial charge in [0.25, 0.3) is 0 Å². The summed E-state index contributed by atoms with van der Waals surface area (Å²) in [7, 11) is 3.28. The van der Waals surface area contributed by atoms with E-state index in [0.717, 1.165) is 40.6 Å². The molecule has 7 nitrogen and oxygen atoms in total. The van der Waals surface area contributed by atoms with Gasteiger partial charge < -0.3 is 26.1 Å². The average molecular weight is 579 g/mol. The normalized spacial score (nSPS) is 13.3. The summed E-state index contributed by atoms with van der Waals surface area (Å²) in [5.74, 6) is -0.486. The molecule has 5 N–H and O–H groups in total. The number of likely N-dealkylation sites (N-methyl/N-ethyl adjacent to an activating group) is 1. The first-order chi connectivity index (χ1) is 20.9. The molecule has 4 aromatic rings. The van der Waals surface area contributed by atoms with Crippen LogP contribution in [0.5, 0.6) is 5.75 Å². The van der Waals surface area contributed by atoms with Crippen molar-refractivity contribution in [3.05, 3.63) is 120 Å². The summed E-state index contributed by atoms with van der Waals surface area (Å²) < 4.78 is 5.28. The highest BCUT2D eigenvalue weighted by Gasteiger charge is 2.30. The maximum atomic E-state index is 13.1. The van der Waals surface area contributed by atoms with Crippen LogP contribution in [0.4, 0.5) is 0 Å². The molecule has 1 heterocycles. The third-order valence-electron chi connectivity index (χ3n) is 7.96. The van der Waals surface area contributed by atoms with Gasteiger partial charge in [0.15, 0.2) is 0 Å². The van der Waals surface area contributed by atoms with Crippen LogP contribution < -0.4 is 21.1 Å². The number of aromatic amines is 1. The summed E-state index contributed by atoms with van der Waals surface area (Å²) in [6, 6.07) is 25.4. The number of aryl methyl sites for hydroxylation is 1. The third-order valence-corrected chi connectivity index (χ3v) is 7.96. The summed E-state index contributed by atoms with van der Waals surface area (Å²) >= 11 is 0. The Morgan fingerprint density at radius 1 is 1.00 bits per heavy atom. The van der Waals surface area contributed by atoms with Crippen LogP contribution in [0.1, 0.15) is 36.0 Å². The van der Waals surface area contributed by atoms with E-state index in [4.69, 9.17) is 10.5 Å². The van der Waals surface area contributed by atoms with E-state index in [1.54, 1.807) is 14.2 Å². The number of nitrogens with one attached hydrogen (secondary N) is 3. The molecule has 0 fully saturated rings. The minimum atomic E-state index is -0.575. The first kappa shape index (κ1) is 31.2. The van der Waals surface area contributed by atoms with Crippen LogP contribution >= 0.6 is 0 Å². The molecule has 3 atom stereocenters. The molecule has 0 radical (unpaired) electrons. The molecule has 0 saturated carbocycles. The zero-order valence-corrected chi connectivity index (χ0v) is 25.0. The van der Waals surface area contributed by atoms with Gasteiger partial charge in [-0.05, 0) is 60.6 Å². The third kappa shape index (κ3) is 8.61. The molecule has 43 heavy (non-hydrogen) atoms. The molecule has 0 unspecified atom stereocenters. The van der Waals surface area contributed by atoms with E-state index in [1.807, 2.05) is 85.1 Å². The van der Waals surface area contributed by atoms with Crippen molar-refractivity contribution in [3.63, 3.8) is 0 Å². The Morgan fingerprint density at radius 2 is 1.72 bits per heavy atom. The molecule has 0 spiro atoms. The number of primary amides is 1. The minimum Gasteiger partial charge on any atom is -0.497 e. The number of carbonyl (C=O) groups excluding carboxylic acids is 2. The molecule has 0 aliphatic rings. The van der Waals surface area contributed by atoms with E-state index in [2.05, 4.69) is 34.3 Å². The minimum absolute atomic E-state index is 0.150. The Kier molecular flexibility index (Phi) is 11.2. The van der Waals surface area contributed by atoms with Crippen LogP contribution in [0.2, 0.25) is 0 Å². The van der Waals surface area contributed by atoms with Crippen molar-refractivity contribution in [2.45, 2.75) is 38.1 Å². The van der Waals surface area contributed by atoms with E-state index in [9.17, 15) is 9.59 Å². The van der Waals surface area contributed by atoms with Crippen LogP contribution in [0, 0.1) is 11.8 Å². The molecule has 7 heteroatoms. The molecule has 224 valence electrons. The van der Waals surface area contributed by atoms with Gasteiger partial charge in [-0.3, -0.25) is 9.59 Å². The number of H-pyrrole nitrogens is 1. The van der Waals surface area contributed by atoms with Crippen molar-refractivity contribution in [1.82, 2.24) is 15.6 Å². The van der Waals surface area contributed by atoms with E-state index in [-0.39, 0.29) is 17.7 Å². The Balaban J connectivity index is 1.54. The maximum absolute atomic E-state index is 13.1. The number of carbonyl (C=O) groups is 2. The second-order valence-electron chi connectivity index (χ2n) is 10.8. The summed E-state index contributed by atoms with van der Waals surface area (Å²) in [6.45, 7) is 4.37. The van der Waals surface area contributed by atoms with Gasteiger partial charge in [0.05, 0.1) is 7.11 Å². The number of rotatable bonds is 16. The quantitative estimate of drug-likeness (QED) is 0.135. The van der Waals surface area contributed by atoms with E-state index >= 15 is 0 Å². The lowest BCUT2D eigenvalue weighted by atomic mass is 9.82. The fourth-order valence-corrected chi connectivity index (χ4v) is 5.56. The number of para-hydroxylation sites is 1. The van der Waals surface area contributed by atoms with Crippen LogP contribution in [-0.4, -0.2) is 37.0 Å². The molecule has 0 aliphatic heterocycles. The van der Waals surface area contributed by atoms with Crippen molar-refractivity contribution < 1.29 is 14.3 Å². The zero-order valence-electron chi connectivity index (χ0n) is 25.0. The molecular weight excluding hydrogens is 536 g/mol. The number of fused-ring (bicyclic) bond motifs is 1. The topological polar surface area (TPSA) is 109 Å². The number of aromatic nitrogens is 1. The lowest BCUT2D eigenvalue weighted by Gasteiger charge is -2.30. The van der Waals surface area contributed by atoms with Gasteiger partial charge in [-0.15, -0.1) is 0 Å². The van der Waals surface area contributed by atoms with Gasteiger partial charge in [0, 0.05) is 48.1 Å². The lowest BCUT2D eigenvalue weighted by Crippen LogP contribution is -2.46. The van der Waals surface area contributed by atoms with Crippen LogP contribution in [0.15, 0.2) is 103 Å². The SMILES string of the molecule is C=C(N[C@@H](Cc1c[nH]c2ccccc12)C(=O)NC)[C@H](CCCc1ccc(OC)cc1)[C@H](C/C=C/c1ccccc1)C(N)=O. The first-order valence-corrected chi connectivity index (χ1v) is 14.7. The smallest absolute Gasteiger partial charge is 0.242 e. The average Bonchev–Trinajstić information content (AvgIpc) is 3.44. The van der Waals surface area contributed by atoms with Crippen molar-refractivity contribution in [2.24, 2.45) is 17.6 Å². The van der Waals surface area contributed by atoms with Crippen molar-refractivity contribution in [2.75, 3.05) is 14.2 Å². The summed E-state index contributed by atoms with van der Waals surface area (Å²) in [5, 5.41) is 7.26. The number of hydrogen-bond acceptors (Lipinski definition) is 4. The second-order valence-corrected chi connectivity index (χ2v) is 10.8. The molecule has 1 aromatic heterocycles. The molecule has 3 aromatic carbocycles. The number of hydrogen-bond donors (Lipinski definition) is 4. The highest BCUT2D eigenvalue weighted by atomic mass is 16.5. The van der Waals surface area contributed by atoms with Crippen molar-refractivity contribution >= 4 is 28.8 Å². The summed E-state index contributed by atoms with van der Waals surface area (Å²) in [6.07, 6.45) is 9.18. The van der Waals surface area contributed by atoms with Crippen molar-refractivity contribution in [3.8, 4) is 5.75 Å². The Morgan fingerprint density at radius 3 is 2.42 bits per heavy atom. The number of benzene rings is 3. The number of ether oxygens (including phenoxy) is 1. The van der Waals surface area contributed by atoms with Gasteiger partial charge >= 0.3 is 0 Å². The van der Waals surface area contributed by atoms with E-state index < -0.39 is 12.0 Å². The molecule has 0 saturated heterocycles. The lowest BCUT2D eigenvalue weighted by molar-refractivity contribution is -0.123. The highest BCUT2D eigenvalue weighted by molar-refractivity contribution is 5.86. The van der Waals surface area contributed by atoms with Gasteiger partial charge in [-0.25, -0.2) is 0 Å². The Hall–Kier alpha value is -4.78. The summed E-state index contributed by atoms with van der Waals surface area (Å²) in [4.78, 5) is 29.3. The van der Waals surface area contributed by atoms with Crippen molar-refractivity contribution in [1.29, 1.82) is 0 Å². The van der Waals surface area contributed by atoms with Gasteiger partial charge in [-0.1, -0.05) is 79.4 Å². The van der Waals surface area contributed by atoms with Crippen LogP contribution in [-0.2, 0) is 22.4 Å². The fraction of sp³-hybridized carbons (Fsp3) is 0.278. The molecular formula is C36H42N4O3. The van der Waals surface area contributed by atoms with Crippen LogP contribution in [0.25, 0.3) is 17.0 Å². The zero-order chi connectivity index (χ0) is 30.6.